The molecule has 6 rings (SSSR count). The smallest absolute Gasteiger partial charge is 0.319 e. The third-order valence-electron chi connectivity index (χ3n) is 7.61. The summed E-state index contributed by atoms with van der Waals surface area (Å²) >= 11 is 3.42. The molecule has 6 heteroatoms. The number of carbonyl (C=O) groups is 3. The molecule has 1 aliphatic heterocycles. The summed E-state index contributed by atoms with van der Waals surface area (Å²) in [5, 5.41) is 2.82. The van der Waals surface area contributed by atoms with Crippen LogP contribution in [0.3, 0.4) is 0 Å². The molecule has 5 nitrogen and oxygen atoms in total. The number of imide groups is 1. The standard InChI is InChI=1S/C22H25BrN2O3/c1-21(16-3-2-4-17(23)8-16)19(27)25(20(28)24-21)12-18(26)22-9-13-5-14(10-22)7-15(6-13)11-22/h2-4,8,13-15H,5-7,9-12H2,1H3,(H,24,28)/t13?,14?,15?,21-,22?/m0/s1. The number of carbonyl (C=O) groups excluding carboxylic acids is 3. The second kappa shape index (κ2) is 6.15. The molecule has 5 fully saturated rings. The average molecular weight is 445 g/mol. The molecule has 0 aromatic heterocycles. The van der Waals surface area contributed by atoms with Crippen LogP contribution in [-0.2, 0) is 15.1 Å². The van der Waals surface area contributed by atoms with Gasteiger partial charge < -0.3 is 5.32 Å². The highest BCUT2D eigenvalue weighted by molar-refractivity contribution is 9.10. The number of rotatable bonds is 4. The Balaban J connectivity index is 1.38. The Kier molecular flexibility index (Phi) is 4.03. The zero-order valence-electron chi connectivity index (χ0n) is 16.0. The second-order valence-electron chi connectivity index (χ2n) is 9.58. The van der Waals surface area contributed by atoms with Gasteiger partial charge in [0.25, 0.3) is 5.91 Å². The Morgan fingerprint density at radius 1 is 1.14 bits per heavy atom. The van der Waals surface area contributed by atoms with Crippen molar-refractivity contribution in [3.63, 3.8) is 0 Å². The Bertz CT molecular complexity index is 847. The minimum absolute atomic E-state index is 0.0913. The number of nitrogens with one attached hydrogen (secondary N) is 1. The first-order chi connectivity index (χ1) is 13.3. The Hall–Kier alpha value is -1.69. The molecule has 3 amide bonds. The number of Topliss-reactive ketones (excluding diaryl/α,β-unsaturated/α-hetero) is 1. The molecule has 28 heavy (non-hydrogen) atoms. The number of nitrogens with zero attached hydrogens (tertiary/aromatic N) is 1. The maximum atomic E-state index is 13.4. The summed E-state index contributed by atoms with van der Waals surface area (Å²) in [6.07, 6.45) is 6.63. The van der Waals surface area contributed by atoms with E-state index in [2.05, 4.69) is 21.2 Å². The SMILES string of the molecule is C[C@@]1(c2cccc(Br)c2)NC(=O)N(CC(=O)C23CC4CC(CC(C4)C2)C3)C1=O. The van der Waals surface area contributed by atoms with Crippen molar-refractivity contribution in [3.8, 4) is 0 Å². The van der Waals surface area contributed by atoms with Crippen LogP contribution < -0.4 is 5.32 Å². The summed E-state index contributed by atoms with van der Waals surface area (Å²) in [4.78, 5) is 40.3. The van der Waals surface area contributed by atoms with Gasteiger partial charge in [-0.1, -0.05) is 28.1 Å². The Labute approximate surface area is 173 Å². The molecule has 1 aromatic carbocycles. The van der Waals surface area contributed by atoms with Gasteiger partial charge in [0.05, 0.1) is 6.54 Å². The average Bonchev–Trinajstić information content (AvgIpc) is 2.85. The van der Waals surface area contributed by atoms with Gasteiger partial charge in [0.2, 0.25) is 0 Å². The number of hydrogen-bond acceptors (Lipinski definition) is 3. The normalized spacial score (nSPS) is 38.8. The van der Waals surface area contributed by atoms with E-state index < -0.39 is 11.6 Å². The molecule has 0 spiro atoms. The minimum atomic E-state index is -1.14. The van der Waals surface area contributed by atoms with Gasteiger partial charge in [-0.05, 0) is 80.9 Å². The largest absolute Gasteiger partial charge is 0.325 e. The van der Waals surface area contributed by atoms with Crippen LogP contribution in [0.1, 0.15) is 51.0 Å². The van der Waals surface area contributed by atoms with Gasteiger partial charge >= 0.3 is 6.03 Å². The van der Waals surface area contributed by atoms with E-state index in [0.717, 1.165) is 28.6 Å². The van der Waals surface area contributed by atoms with E-state index in [9.17, 15) is 14.4 Å². The molecule has 4 saturated carbocycles. The first-order valence-corrected chi connectivity index (χ1v) is 11.0. The first-order valence-electron chi connectivity index (χ1n) is 10.2. The van der Waals surface area contributed by atoms with E-state index in [1.807, 2.05) is 24.3 Å². The number of hydrogen-bond donors (Lipinski definition) is 1. The van der Waals surface area contributed by atoms with E-state index in [4.69, 9.17) is 0 Å². The molecule has 5 aliphatic rings. The summed E-state index contributed by atoms with van der Waals surface area (Å²) in [6.45, 7) is 1.62. The fraction of sp³-hybridized carbons (Fsp3) is 0.591. The maximum Gasteiger partial charge on any atom is 0.325 e. The van der Waals surface area contributed by atoms with Gasteiger partial charge in [0.1, 0.15) is 5.54 Å². The highest BCUT2D eigenvalue weighted by atomic mass is 79.9. The summed E-state index contributed by atoms with van der Waals surface area (Å²) < 4.78 is 0.844. The highest BCUT2D eigenvalue weighted by Crippen LogP contribution is 2.60. The lowest BCUT2D eigenvalue weighted by Gasteiger charge is -2.56. The quantitative estimate of drug-likeness (QED) is 0.713. The summed E-state index contributed by atoms with van der Waals surface area (Å²) in [5.41, 5.74) is -0.725. The lowest BCUT2D eigenvalue weighted by atomic mass is 9.48. The topological polar surface area (TPSA) is 66.5 Å². The van der Waals surface area contributed by atoms with E-state index in [1.165, 1.54) is 19.3 Å². The zero-order chi connectivity index (χ0) is 19.7. The van der Waals surface area contributed by atoms with Crippen molar-refractivity contribution in [1.29, 1.82) is 0 Å². The summed E-state index contributed by atoms with van der Waals surface area (Å²) in [6, 6.07) is 6.91. The van der Waals surface area contributed by atoms with Gasteiger partial charge in [-0.3, -0.25) is 14.5 Å². The number of ketones is 1. The molecular weight excluding hydrogens is 420 g/mol. The molecular formula is C22H25BrN2O3. The number of amides is 3. The van der Waals surface area contributed by atoms with Crippen LogP contribution in [0.25, 0.3) is 0 Å². The van der Waals surface area contributed by atoms with Crippen LogP contribution in [0.5, 0.6) is 0 Å². The van der Waals surface area contributed by atoms with Crippen molar-refractivity contribution in [2.75, 3.05) is 6.54 Å². The van der Waals surface area contributed by atoms with Gasteiger partial charge in [-0.2, -0.15) is 0 Å². The zero-order valence-corrected chi connectivity index (χ0v) is 17.6. The summed E-state index contributed by atoms with van der Waals surface area (Å²) in [7, 11) is 0. The van der Waals surface area contributed by atoms with Crippen molar-refractivity contribution in [2.24, 2.45) is 23.2 Å². The van der Waals surface area contributed by atoms with Crippen LogP contribution >= 0.6 is 15.9 Å². The molecule has 4 aliphatic carbocycles. The molecule has 1 atom stereocenters. The van der Waals surface area contributed by atoms with Crippen molar-refractivity contribution in [3.05, 3.63) is 34.3 Å². The molecule has 1 heterocycles. The number of benzene rings is 1. The second-order valence-corrected chi connectivity index (χ2v) is 10.5. The molecule has 4 bridgehead atoms. The Morgan fingerprint density at radius 2 is 1.75 bits per heavy atom. The van der Waals surface area contributed by atoms with Gasteiger partial charge in [-0.15, -0.1) is 0 Å². The lowest BCUT2D eigenvalue weighted by molar-refractivity contribution is -0.147. The fourth-order valence-corrected chi connectivity index (χ4v) is 7.00. The van der Waals surface area contributed by atoms with Crippen molar-refractivity contribution in [1.82, 2.24) is 10.2 Å². The van der Waals surface area contributed by atoms with Crippen LogP contribution in [-0.4, -0.2) is 29.2 Å². The molecule has 0 radical (unpaired) electrons. The van der Waals surface area contributed by atoms with Gasteiger partial charge in [0, 0.05) is 9.89 Å². The van der Waals surface area contributed by atoms with Crippen LogP contribution in [0.2, 0.25) is 0 Å². The van der Waals surface area contributed by atoms with Gasteiger partial charge in [-0.25, -0.2) is 4.79 Å². The molecule has 1 N–H and O–H groups in total. The minimum Gasteiger partial charge on any atom is -0.319 e. The molecule has 1 aromatic rings. The predicted octanol–water partition coefficient (Wildman–Crippen LogP) is 4.00. The van der Waals surface area contributed by atoms with Crippen molar-refractivity contribution in [2.45, 2.75) is 51.0 Å². The van der Waals surface area contributed by atoms with Crippen molar-refractivity contribution >= 4 is 33.7 Å². The van der Waals surface area contributed by atoms with Crippen LogP contribution in [0.4, 0.5) is 4.79 Å². The third-order valence-corrected chi connectivity index (χ3v) is 8.10. The summed E-state index contributed by atoms with van der Waals surface area (Å²) in [5.74, 6) is 1.72. The molecule has 148 valence electrons. The van der Waals surface area contributed by atoms with Crippen molar-refractivity contribution < 1.29 is 14.4 Å². The number of halogens is 1. The third kappa shape index (κ3) is 2.67. The first kappa shape index (κ1) is 18.3. The lowest BCUT2D eigenvalue weighted by Crippen LogP contribution is -2.53. The molecule has 0 unspecified atom stereocenters. The predicted molar refractivity (Wildman–Crippen MR) is 107 cm³/mol. The molecule has 1 saturated heterocycles. The number of urea groups is 1. The van der Waals surface area contributed by atoms with E-state index in [1.54, 1.807) is 6.92 Å². The van der Waals surface area contributed by atoms with Crippen LogP contribution in [0, 0.1) is 23.2 Å². The maximum absolute atomic E-state index is 13.4. The Morgan fingerprint density at radius 3 is 2.32 bits per heavy atom. The van der Waals surface area contributed by atoms with E-state index in [0.29, 0.717) is 23.3 Å². The van der Waals surface area contributed by atoms with Gasteiger partial charge in [0.15, 0.2) is 5.78 Å². The van der Waals surface area contributed by atoms with E-state index >= 15 is 0 Å². The fourth-order valence-electron chi connectivity index (χ4n) is 6.60. The highest BCUT2D eigenvalue weighted by Gasteiger charge is 2.56. The monoisotopic (exact) mass is 444 g/mol. The van der Waals surface area contributed by atoms with Crippen LogP contribution in [0.15, 0.2) is 28.7 Å². The van der Waals surface area contributed by atoms with E-state index in [-0.39, 0.29) is 23.7 Å².